The van der Waals surface area contributed by atoms with Crippen LogP contribution in [0.2, 0.25) is 0 Å². The van der Waals surface area contributed by atoms with Crippen LogP contribution in [0, 0.1) is 0 Å². The molecule has 0 radical (unpaired) electrons. The third-order valence-corrected chi connectivity index (χ3v) is 2.94. The highest BCUT2D eigenvalue weighted by atomic mass is 79.9. The molecule has 0 aliphatic carbocycles. The second kappa shape index (κ2) is 5.37. The maximum atomic E-state index is 6.16. The number of aromatic nitrogens is 4. The first kappa shape index (κ1) is 12.2. The van der Waals surface area contributed by atoms with Gasteiger partial charge < -0.3 is 5.73 Å². The summed E-state index contributed by atoms with van der Waals surface area (Å²) in [6.45, 7) is 2.91. The molecule has 1 atom stereocenters. The van der Waals surface area contributed by atoms with Gasteiger partial charge in [-0.15, -0.1) is 5.10 Å². The smallest absolute Gasteiger partial charge is 0.0913 e. The molecule has 0 aliphatic heterocycles. The molecule has 2 aromatic rings. The van der Waals surface area contributed by atoms with Gasteiger partial charge in [0.25, 0.3) is 0 Å². The van der Waals surface area contributed by atoms with Crippen LogP contribution in [0.5, 0.6) is 0 Å². The molecule has 0 aromatic carbocycles. The van der Waals surface area contributed by atoms with Gasteiger partial charge in [-0.25, -0.2) is 4.68 Å². The maximum Gasteiger partial charge on any atom is 0.0913 e. The largest absolute Gasteiger partial charge is 0.318 e. The lowest BCUT2D eigenvalue weighted by molar-refractivity contribution is 0.541. The Morgan fingerprint density at radius 3 is 2.88 bits per heavy atom. The Hall–Kier alpha value is -1.27. The van der Waals surface area contributed by atoms with Gasteiger partial charge in [0.2, 0.25) is 0 Å². The van der Waals surface area contributed by atoms with Crippen LogP contribution in [-0.2, 0) is 6.54 Å². The Morgan fingerprint density at radius 2 is 2.24 bits per heavy atom. The Kier molecular flexibility index (Phi) is 3.86. The summed E-state index contributed by atoms with van der Waals surface area (Å²) in [6.07, 6.45) is 4.43. The second-order valence-corrected chi connectivity index (χ2v) is 4.68. The van der Waals surface area contributed by atoms with Crippen molar-refractivity contribution in [1.29, 1.82) is 0 Å². The molecule has 6 heteroatoms. The highest BCUT2D eigenvalue weighted by Gasteiger charge is 2.15. The van der Waals surface area contributed by atoms with Crippen molar-refractivity contribution in [3.63, 3.8) is 0 Å². The van der Waals surface area contributed by atoms with Gasteiger partial charge in [-0.1, -0.05) is 12.1 Å². The highest BCUT2D eigenvalue weighted by molar-refractivity contribution is 9.10. The summed E-state index contributed by atoms with van der Waals surface area (Å²) < 4.78 is 2.77. The summed E-state index contributed by atoms with van der Waals surface area (Å²) in [7, 11) is 0. The number of halogens is 1. The number of pyridine rings is 1. The lowest BCUT2D eigenvalue weighted by Crippen LogP contribution is -2.18. The van der Waals surface area contributed by atoms with Gasteiger partial charge in [0.1, 0.15) is 0 Å². The molecular weight excluding hydrogens is 282 g/mol. The fraction of sp³-hybridized carbons (Fsp3) is 0.364. The normalized spacial score (nSPS) is 12.6. The van der Waals surface area contributed by atoms with Crippen LogP contribution in [-0.4, -0.2) is 20.0 Å². The van der Waals surface area contributed by atoms with E-state index in [9.17, 15) is 0 Å². The zero-order valence-corrected chi connectivity index (χ0v) is 11.1. The zero-order chi connectivity index (χ0) is 12.3. The molecule has 0 amide bonds. The predicted molar refractivity (Wildman–Crippen MR) is 68.3 cm³/mol. The van der Waals surface area contributed by atoms with E-state index in [0.29, 0.717) is 0 Å². The first-order chi connectivity index (χ1) is 8.22. The first-order valence-electron chi connectivity index (χ1n) is 5.47. The monoisotopic (exact) mass is 295 g/mol. The standard InChI is InChI=1S/C11H14BrN5/c1-2-5-17-10(7-15-16-17)11(13)9-4-3-8(12)6-14-9/h3-4,6-7,11H,2,5,13H2,1H3. The molecule has 2 N–H and O–H groups in total. The molecule has 2 aromatic heterocycles. The van der Waals surface area contributed by atoms with Crippen molar-refractivity contribution < 1.29 is 0 Å². The van der Waals surface area contributed by atoms with Crippen molar-refractivity contribution in [3.05, 3.63) is 40.4 Å². The van der Waals surface area contributed by atoms with Crippen molar-refractivity contribution >= 4 is 15.9 Å². The average molecular weight is 296 g/mol. The zero-order valence-electron chi connectivity index (χ0n) is 9.55. The highest BCUT2D eigenvalue weighted by Crippen LogP contribution is 2.18. The molecule has 0 spiro atoms. The number of hydrogen-bond donors (Lipinski definition) is 1. The summed E-state index contributed by atoms with van der Waals surface area (Å²) >= 11 is 3.35. The van der Waals surface area contributed by atoms with Crippen LogP contribution in [0.1, 0.15) is 30.8 Å². The van der Waals surface area contributed by atoms with Crippen molar-refractivity contribution in [3.8, 4) is 0 Å². The minimum absolute atomic E-state index is 0.287. The molecule has 5 nitrogen and oxygen atoms in total. The Morgan fingerprint density at radius 1 is 1.41 bits per heavy atom. The average Bonchev–Trinajstić information content (AvgIpc) is 2.78. The molecule has 0 bridgehead atoms. The summed E-state index contributed by atoms with van der Waals surface area (Å²) in [6, 6.07) is 3.54. The van der Waals surface area contributed by atoms with Gasteiger partial charge in [0, 0.05) is 17.2 Å². The third-order valence-electron chi connectivity index (χ3n) is 2.47. The molecule has 2 rings (SSSR count). The van der Waals surface area contributed by atoms with Crippen LogP contribution in [0.25, 0.3) is 0 Å². The van der Waals surface area contributed by atoms with Gasteiger partial charge in [-0.3, -0.25) is 4.98 Å². The fourth-order valence-corrected chi connectivity index (χ4v) is 1.85. The van der Waals surface area contributed by atoms with Crippen molar-refractivity contribution in [2.75, 3.05) is 0 Å². The molecule has 2 heterocycles. The summed E-state index contributed by atoms with van der Waals surface area (Å²) in [4.78, 5) is 4.29. The number of nitrogens with two attached hydrogens (primary N) is 1. The van der Waals surface area contributed by atoms with Crippen LogP contribution in [0.4, 0.5) is 0 Å². The van der Waals surface area contributed by atoms with Crippen molar-refractivity contribution in [1.82, 2.24) is 20.0 Å². The SMILES string of the molecule is CCCn1nncc1C(N)c1ccc(Br)cn1. The summed E-state index contributed by atoms with van der Waals surface area (Å²) in [5.41, 5.74) is 7.87. The van der Waals surface area contributed by atoms with Crippen LogP contribution < -0.4 is 5.73 Å². The third kappa shape index (κ3) is 2.70. The molecular formula is C11H14BrN5. The molecule has 0 saturated carbocycles. The summed E-state index contributed by atoms with van der Waals surface area (Å²) in [5.74, 6) is 0. The van der Waals surface area contributed by atoms with E-state index in [1.807, 2.05) is 16.8 Å². The molecule has 17 heavy (non-hydrogen) atoms. The fourth-order valence-electron chi connectivity index (χ4n) is 1.61. The van der Waals surface area contributed by atoms with E-state index >= 15 is 0 Å². The van der Waals surface area contributed by atoms with E-state index < -0.39 is 0 Å². The topological polar surface area (TPSA) is 69.6 Å². The lowest BCUT2D eigenvalue weighted by Gasteiger charge is -2.12. The molecule has 90 valence electrons. The first-order valence-corrected chi connectivity index (χ1v) is 6.27. The second-order valence-electron chi connectivity index (χ2n) is 3.76. The van der Waals surface area contributed by atoms with Crippen molar-refractivity contribution in [2.24, 2.45) is 5.73 Å². The Bertz CT molecular complexity index is 479. The van der Waals surface area contributed by atoms with Crippen LogP contribution in [0.15, 0.2) is 29.0 Å². The van der Waals surface area contributed by atoms with Gasteiger partial charge >= 0.3 is 0 Å². The van der Waals surface area contributed by atoms with E-state index in [4.69, 9.17) is 5.73 Å². The van der Waals surface area contributed by atoms with Crippen LogP contribution in [0.3, 0.4) is 0 Å². The predicted octanol–water partition coefficient (Wildman–Crippen LogP) is 1.89. The van der Waals surface area contributed by atoms with E-state index in [1.54, 1.807) is 12.4 Å². The number of aryl methyl sites for hydroxylation is 1. The van der Waals surface area contributed by atoms with E-state index in [-0.39, 0.29) is 6.04 Å². The van der Waals surface area contributed by atoms with E-state index in [1.165, 1.54) is 0 Å². The number of nitrogens with zero attached hydrogens (tertiary/aromatic N) is 4. The lowest BCUT2D eigenvalue weighted by atomic mass is 10.1. The Balaban J connectivity index is 2.26. The molecule has 1 unspecified atom stereocenters. The molecule has 0 aliphatic rings. The van der Waals surface area contributed by atoms with Crippen molar-refractivity contribution in [2.45, 2.75) is 25.9 Å². The van der Waals surface area contributed by atoms with Gasteiger partial charge in [-0.05, 0) is 34.5 Å². The quantitative estimate of drug-likeness (QED) is 0.935. The van der Waals surface area contributed by atoms with Gasteiger partial charge in [0.15, 0.2) is 0 Å². The van der Waals surface area contributed by atoms with E-state index in [2.05, 4.69) is 38.1 Å². The van der Waals surface area contributed by atoms with Gasteiger partial charge in [-0.2, -0.15) is 0 Å². The summed E-state index contributed by atoms with van der Waals surface area (Å²) in [5, 5.41) is 7.92. The Labute approximate surface area is 108 Å². The number of rotatable bonds is 4. The number of hydrogen-bond acceptors (Lipinski definition) is 4. The maximum absolute atomic E-state index is 6.16. The van der Waals surface area contributed by atoms with Gasteiger partial charge in [0.05, 0.1) is 23.6 Å². The minimum Gasteiger partial charge on any atom is -0.318 e. The molecule has 0 fully saturated rings. The molecule has 0 saturated heterocycles. The van der Waals surface area contributed by atoms with E-state index in [0.717, 1.165) is 28.8 Å². The minimum atomic E-state index is -0.287. The van der Waals surface area contributed by atoms with Crippen LogP contribution >= 0.6 is 15.9 Å².